The molecule has 0 aromatic heterocycles. The molecule has 1 aliphatic heterocycles. The first-order valence-corrected chi connectivity index (χ1v) is 10.00. The standard InChI is InChI=1S/C22H15Cl2N3O4/c23-14-6-8-18-16(10-14)21(13-4-2-1-3-5-13)26(12-20(28)25-18)22(29)17-11-15(24)7-9-19(17)27(30)31/h1-11,21H,12H2,(H,25,28). The van der Waals surface area contributed by atoms with Gasteiger partial charge in [-0.2, -0.15) is 0 Å². The summed E-state index contributed by atoms with van der Waals surface area (Å²) in [7, 11) is 0. The lowest BCUT2D eigenvalue weighted by Crippen LogP contribution is -2.39. The molecule has 4 rings (SSSR count). The maximum absolute atomic E-state index is 13.6. The van der Waals surface area contributed by atoms with Gasteiger partial charge in [0, 0.05) is 27.4 Å². The number of hydrogen-bond donors (Lipinski definition) is 1. The molecule has 3 aromatic rings. The molecule has 0 radical (unpaired) electrons. The summed E-state index contributed by atoms with van der Waals surface area (Å²) in [6.45, 7) is -0.311. The van der Waals surface area contributed by atoms with E-state index < -0.39 is 28.5 Å². The van der Waals surface area contributed by atoms with Gasteiger partial charge in [0.1, 0.15) is 12.1 Å². The van der Waals surface area contributed by atoms with E-state index in [4.69, 9.17) is 23.2 Å². The van der Waals surface area contributed by atoms with Crippen molar-refractivity contribution in [1.29, 1.82) is 0 Å². The fourth-order valence-electron chi connectivity index (χ4n) is 3.65. The molecule has 1 heterocycles. The molecule has 1 aliphatic rings. The molecule has 1 N–H and O–H groups in total. The van der Waals surface area contributed by atoms with Crippen LogP contribution in [0.15, 0.2) is 66.7 Å². The number of carbonyl (C=O) groups excluding carboxylic acids is 2. The average molecular weight is 456 g/mol. The highest BCUT2D eigenvalue weighted by molar-refractivity contribution is 6.31. The van der Waals surface area contributed by atoms with Gasteiger partial charge >= 0.3 is 0 Å². The highest BCUT2D eigenvalue weighted by atomic mass is 35.5. The van der Waals surface area contributed by atoms with Crippen molar-refractivity contribution in [2.45, 2.75) is 6.04 Å². The molecule has 1 atom stereocenters. The first-order chi connectivity index (χ1) is 14.8. The van der Waals surface area contributed by atoms with Crippen molar-refractivity contribution in [1.82, 2.24) is 4.90 Å². The van der Waals surface area contributed by atoms with Crippen LogP contribution in [0.4, 0.5) is 11.4 Å². The number of nitrogens with zero attached hydrogens (tertiary/aromatic N) is 2. The normalized spacial score (nSPS) is 15.6. The molecule has 0 bridgehead atoms. The van der Waals surface area contributed by atoms with Gasteiger partial charge in [0.2, 0.25) is 5.91 Å². The van der Waals surface area contributed by atoms with Gasteiger partial charge in [0.25, 0.3) is 11.6 Å². The van der Waals surface area contributed by atoms with E-state index in [1.165, 1.54) is 23.1 Å². The third-order valence-corrected chi connectivity index (χ3v) is 5.44. The fourth-order valence-corrected chi connectivity index (χ4v) is 4.01. The number of nitro benzene ring substituents is 1. The summed E-state index contributed by atoms with van der Waals surface area (Å²) < 4.78 is 0. The molecule has 31 heavy (non-hydrogen) atoms. The van der Waals surface area contributed by atoms with Crippen molar-refractivity contribution < 1.29 is 14.5 Å². The Labute approximate surface area is 187 Å². The zero-order valence-corrected chi connectivity index (χ0v) is 17.4. The quantitative estimate of drug-likeness (QED) is 0.439. The Hall–Kier alpha value is -3.42. The van der Waals surface area contributed by atoms with E-state index in [0.29, 0.717) is 16.3 Å². The van der Waals surface area contributed by atoms with E-state index in [1.54, 1.807) is 18.2 Å². The molecular formula is C22H15Cl2N3O4. The molecule has 156 valence electrons. The number of fused-ring (bicyclic) bond motifs is 1. The van der Waals surface area contributed by atoms with Gasteiger partial charge in [-0.1, -0.05) is 53.5 Å². The Bertz CT molecular complexity index is 1200. The topological polar surface area (TPSA) is 92.5 Å². The summed E-state index contributed by atoms with van der Waals surface area (Å²) in [5.74, 6) is -1.12. The van der Waals surface area contributed by atoms with Crippen LogP contribution in [0.1, 0.15) is 27.5 Å². The molecule has 0 aliphatic carbocycles. The van der Waals surface area contributed by atoms with Crippen molar-refractivity contribution in [2.75, 3.05) is 11.9 Å². The molecular weight excluding hydrogens is 441 g/mol. The van der Waals surface area contributed by atoms with Crippen LogP contribution in [0.3, 0.4) is 0 Å². The predicted octanol–water partition coefficient (Wildman–Crippen LogP) is 5.09. The van der Waals surface area contributed by atoms with E-state index in [2.05, 4.69) is 5.32 Å². The summed E-state index contributed by atoms with van der Waals surface area (Å²) in [4.78, 5) is 38.4. The lowest BCUT2D eigenvalue weighted by Gasteiger charge is -2.30. The molecule has 7 nitrogen and oxygen atoms in total. The Morgan fingerprint density at radius 1 is 1.03 bits per heavy atom. The predicted molar refractivity (Wildman–Crippen MR) is 118 cm³/mol. The van der Waals surface area contributed by atoms with Crippen LogP contribution in [0.25, 0.3) is 0 Å². The number of halogens is 2. The van der Waals surface area contributed by atoms with Crippen molar-refractivity contribution in [3.63, 3.8) is 0 Å². The third kappa shape index (κ3) is 4.10. The summed E-state index contributed by atoms with van der Waals surface area (Å²) >= 11 is 12.3. The molecule has 0 saturated carbocycles. The zero-order chi connectivity index (χ0) is 22.1. The van der Waals surface area contributed by atoms with Crippen molar-refractivity contribution >= 4 is 46.4 Å². The van der Waals surface area contributed by atoms with Gasteiger partial charge in [0.05, 0.1) is 11.0 Å². The van der Waals surface area contributed by atoms with Crippen molar-refractivity contribution in [3.8, 4) is 0 Å². The minimum Gasteiger partial charge on any atom is -0.324 e. The van der Waals surface area contributed by atoms with Gasteiger partial charge in [-0.15, -0.1) is 0 Å². The number of nitro groups is 1. The first-order valence-electron chi connectivity index (χ1n) is 9.24. The summed E-state index contributed by atoms with van der Waals surface area (Å²) in [5.41, 5.74) is 1.25. The molecule has 0 saturated heterocycles. The Kier molecular flexibility index (Phi) is 5.63. The Morgan fingerprint density at radius 3 is 2.42 bits per heavy atom. The highest BCUT2D eigenvalue weighted by Crippen LogP contribution is 2.38. The number of anilines is 1. The minimum absolute atomic E-state index is 0.174. The molecule has 9 heteroatoms. The number of carbonyl (C=O) groups is 2. The maximum Gasteiger partial charge on any atom is 0.282 e. The SMILES string of the molecule is O=C1CN(C(=O)c2cc(Cl)ccc2[N+](=O)[O-])C(c2ccccc2)c2cc(Cl)ccc2N1. The van der Waals surface area contributed by atoms with Crippen LogP contribution >= 0.6 is 23.2 Å². The van der Waals surface area contributed by atoms with E-state index >= 15 is 0 Å². The molecule has 1 unspecified atom stereocenters. The summed E-state index contributed by atoms with van der Waals surface area (Å²) in [6.07, 6.45) is 0. The number of amides is 2. The molecule has 3 aromatic carbocycles. The summed E-state index contributed by atoms with van der Waals surface area (Å²) in [5, 5.41) is 14.9. The smallest absolute Gasteiger partial charge is 0.282 e. The second-order valence-corrected chi connectivity index (χ2v) is 7.82. The molecule has 2 amide bonds. The van der Waals surface area contributed by atoms with Gasteiger partial charge in [-0.25, -0.2) is 0 Å². The lowest BCUT2D eigenvalue weighted by atomic mass is 9.95. The zero-order valence-electron chi connectivity index (χ0n) is 15.9. The van der Waals surface area contributed by atoms with Crippen LogP contribution < -0.4 is 5.32 Å². The van der Waals surface area contributed by atoms with Crippen LogP contribution in [-0.2, 0) is 4.79 Å². The number of rotatable bonds is 3. The van der Waals surface area contributed by atoms with Crippen LogP contribution in [0.2, 0.25) is 10.0 Å². The van der Waals surface area contributed by atoms with Gasteiger partial charge < -0.3 is 10.2 Å². The lowest BCUT2D eigenvalue weighted by molar-refractivity contribution is -0.385. The summed E-state index contributed by atoms with van der Waals surface area (Å²) in [6, 6.07) is 17.1. The average Bonchev–Trinajstić information content (AvgIpc) is 2.89. The van der Waals surface area contributed by atoms with Crippen LogP contribution in [0.5, 0.6) is 0 Å². The number of benzene rings is 3. The second kappa shape index (κ2) is 8.37. The highest BCUT2D eigenvalue weighted by Gasteiger charge is 2.36. The van der Waals surface area contributed by atoms with Gasteiger partial charge in [-0.3, -0.25) is 19.7 Å². The number of nitrogens with one attached hydrogen (secondary N) is 1. The maximum atomic E-state index is 13.6. The first kappa shape index (κ1) is 20.8. The van der Waals surface area contributed by atoms with E-state index in [0.717, 1.165) is 5.56 Å². The largest absolute Gasteiger partial charge is 0.324 e. The van der Waals surface area contributed by atoms with Crippen LogP contribution in [-0.4, -0.2) is 28.2 Å². The Balaban J connectivity index is 1.93. The Morgan fingerprint density at radius 2 is 1.71 bits per heavy atom. The van der Waals surface area contributed by atoms with E-state index in [1.807, 2.05) is 30.3 Å². The van der Waals surface area contributed by atoms with Gasteiger partial charge in [0.15, 0.2) is 0 Å². The van der Waals surface area contributed by atoms with Crippen molar-refractivity contribution in [2.24, 2.45) is 0 Å². The fraction of sp³-hybridized carbons (Fsp3) is 0.0909. The van der Waals surface area contributed by atoms with E-state index in [9.17, 15) is 19.7 Å². The second-order valence-electron chi connectivity index (χ2n) is 6.94. The molecule has 0 fully saturated rings. The third-order valence-electron chi connectivity index (χ3n) is 4.97. The molecule has 0 spiro atoms. The van der Waals surface area contributed by atoms with E-state index in [-0.39, 0.29) is 17.1 Å². The van der Waals surface area contributed by atoms with Crippen LogP contribution in [0, 0.1) is 10.1 Å². The van der Waals surface area contributed by atoms with Crippen molar-refractivity contribution in [3.05, 3.63) is 104 Å². The minimum atomic E-state index is -0.708. The number of hydrogen-bond acceptors (Lipinski definition) is 4. The monoisotopic (exact) mass is 455 g/mol. The van der Waals surface area contributed by atoms with Gasteiger partial charge in [-0.05, 0) is 35.9 Å².